The lowest BCUT2D eigenvalue weighted by Gasteiger charge is -2.16. The van der Waals surface area contributed by atoms with Crippen LogP contribution < -0.4 is 24.3 Å². The van der Waals surface area contributed by atoms with Crippen LogP contribution in [0.25, 0.3) is 5.57 Å². The minimum absolute atomic E-state index is 0.187. The molecule has 2 amide bonds. The van der Waals surface area contributed by atoms with Crippen molar-refractivity contribution in [1.82, 2.24) is 4.90 Å². The number of anilines is 1. The van der Waals surface area contributed by atoms with Gasteiger partial charge in [-0.25, -0.2) is 0 Å². The predicted octanol–water partition coefficient (Wildman–Crippen LogP) is 3.96. The molecule has 0 radical (unpaired) electrons. The van der Waals surface area contributed by atoms with Gasteiger partial charge in [-0.05, 0) is 30.5 Å². The second kappa shape index (κ2) is 10.3. The lowest BCUT2D eigenvalue weighted by molar-refractivity contribution is -0.136. The number of methoxy groups -OCH3 is 3. The quantitative estimate of drug-likeness (QED) is 0.544. The van der Waals surface area contributed by atoms with Gasteiger partial charge in [0.25, 0.3) is 11.8 Å². The molecule has 8 heteroatoms. The molecule has 8 nitrogen and oxygen atoms in total. The molecule has 1 aliphatic rings. The lowest BCUT2D eigenvalue weighted by atomic mass is 10.0. The summed E-state index contributed by atoms with van der Waals surface area (Å²) in [4.78, 5) is 27.4. The Morgan fingerprint density at radius 2 is 1.52 bits per heavy atom. The van der Waals surface area contributed by atoms with E-state index in [2.05, 4.69) is 19.2 Å². The number of benzene rings is 2. The van der Waals surface area contributed by atoms with E-state index in [1.165, 1.54) is 26.2 Å². The van der Waals surface area contributed by atoms with Crippen LogP contribution in [0.2, 0.25) is 0 Å². The number of likely N-dealkylation sites (N-methyl/N-ethyl adjacent to an activating group) is 1. The molecule has 0 spiro atoms. The molecule has 0 saturated heterocycles. The van der Waals surface area contributed by atoms with E-state index in [1.807, 2.05) is 0 Å². The Balaban J connectivity index is 2.03. The summed E-state index contributed by atoms with van der Waals surface area (Å²) < 4.78 is 21.9. The van der Waals surface area contributed by atoms with Gasteiger partial charge in [0.2, 0.25) is 5.75 Å². The Morgan fingerprint density at radius 3 is 2.00 bits per heavy atom. The van der Waals surface area contributed by atoms with Crippen molar-refractivity contribution in [2.24, 2.45) is 5.92 Å². The zero-order chi connectivity index (χ0) is 24.1. The maximum Gasteiger partial charge on any atom is 0.278 e. The summed E-state index contributed by atoms with van der Waals surface area (Å²) in [5.74, 6) is 1.64. The predicted molar refractivity (Wildman–Crippen MR) is 126 cm³/mol. The van der Waals surface area contributed by atoms with Gasteiger partial charge in [0.05, 0.1) is 33.5 Å². The fourth-order valence-electron chi connectivity index (χ4n) is 3.53. The number of nitrogens with one attached hydrogen (secondary N) is 1. The van der Waals surface area contributed by atoms with Crippen molar-refractivity contribution in [3.05, 3.63) is 47.7 Å². The van der Waals surface area contributed by atoms with Crippen LogP contribution in [0.3, 0.4) is 0 Å². The van der Waals surface area contributed by atoms with Crippen molar-refractivity contribution < 1.29 is 28.5 Å². The molecule has 1 heterocycles. The van der Waals surface area contributed by atoms with Crippen molar-refractivity contribution in [3.8, 4) is 23.0 Å². The van der Waals surface area contributed by atoms with E-state index in [0.717, 1.165) is 0 Å². The molecule has 0 aromatic heterocycles. The van der Waals surface area contributed by atoms with Gasteiger partial charge >= 0.3 is 0 Å². The summed E-state index contributed by atoms with van der Waals surface area (Å²) in [6.45, 7) is 6.76. The molecule has 0 unspecified atom stereocenters. The third-order valence-corrected chi connectivity index (χ3v) is 5.14. The SMILES string of the molecule is CCN1C(=O)C(Nc2cc(OC)c(OC)c(OC)c2)=C(c2ccc(OCC(C)C)cc2)C1=O. The largest absolute Gasteiger partial charge is 0.493 e. The van der Waals surface area contributed by atoms with Gasteiger partial charge in [0, 0.05) is 24.4 Å². The highest BCUT2D eigenvalue weighted by molar-refractivity contribution is 6.36. The average molecular weight is 455 g/mol. The molecule has 2 aromatic rings. The number of imide groups is 1. The number of hydrogen-bond donors (Lipinski definition) is 1. The first-order valence-electron chi connectivity index (χ1n) is 10.7. The Kier molecular flexibility index (Phi) is 7.48. The maximum atomic E-state index is 13.1. The summed E-state index contributed by atoms with van der Waals surface area (Å²) in [6.07, 6.45) is 0. The minimum atomic E-state index is -0.397. The number of hydrogen-bond acceptors (Lipinski definition) is 7. The summed E-state index contributed by atoms with van der Waals surface area (Å²) in [6, 6.07) is 10.5. The molecule has 33 heavy (non-hydrogen) atoms. The molecule has 0 atom stereocenters. The third kappa shape index (κ3) is 4.89. The minimum Gasteiger partial charge on any atom is -0.493 e. The van der Waals surface area contributed by atoms with E-state index < -0.39 is 5.91 Å². The Morgan fingerprint density at radius 1 is 0.909 bits per heavy atom. The number of carbonyl (C=O) groups is 2. The maximum absolute atomic E-state index is 13.1. The highest BCUT2D eigenvalue weighted by atomic mass is 16.5. The molecule has 0 saturated carbocycles. The number of carbonyl (C=O) groups excluding carboxylic acids is 2. The van der Waals surface area contributed by atoms with E-state index in [-0.39, 0.29) is 18.1 Å². The van der Waals surface area contributed by atoms with E-state index in [0.29, 0.717) is 52.3 Å². The van der Waals surface area contributed by atoms with Crippen LogP contribution >= 0.6 is 0 Å². The fraction of sp³-hybridized carbons (Fsp3) is 0.360. The van der Waals surface area contributed by atoms with Gasteiger partial charge in [-0.3, -0.25) is 14.5 Å². The summed E-state index contributed by atoms with van der Waals surface area (Å²) >= 11 is 0. The molecule has 3 rings (SSSR count). The molecule has 176 valence electrons. The van der Waals surface area contributed by atoms with Gasteiger partial charge in [0.15, 0.2) is 11.5 Å². The summed E-state index contributed by atoms with van der Waals surface area (Å²) in [5, 5.41) is 3.11. The molecular formula is C25H30N2O6. The van der Waals surface area contributed by atoms with Gasteiger partial charge in [-0.2, -0.15) is 0 Å². The van der Waals surface area contributed by atoms with Crippen LogP contribution in [-0.4, -0.2) is 51.2 Å². The summed E-state index contributed by atoms with van der Waals surface area (Å²) in [5.41, 5.74) is 1.63. The zero-order valence-corrected chi connectivity index (χ0v) is 19.9. The topological polar surface area (TPSA) is 86.3 Å². The van der Waals surface area contributed by atoms with Crippen LogP contribution in [0.1, 0.15) is 26.3 Å². The lowest BCUT2D eigenvalue weighted by Crippen LogP contribution is -2.32. The van der Waals surface area contributed by atoms with E-state index >= 15 is 0 Å². The monoisotopic (exact) mass is 454 g/mol. The number of ether oxygens (including phenoxy) is 4. The number of amides is 2. The van der Waals surface area contributed by atoms with E-state index in [1.54, 1.807) is 43.3 Å². The molecule has 1 N–H and O–H groups in total. The van der Waals surface area contributed by atoms with Crippen LogP contribution in [0.5, 0.6) is 23.0 Å². The first-order chi connectivity index (χ1) is 15.8. The van der Waals surface area contributed by atoms with E-state index in [9.17, 15) is 9.59 Å². The second-order valence-electron chi connectivity index (χ2n) is 7.87. The number of rotatable bonds is 10. The van der Waals surface area contributed by atoms with Crippen molar-refractivity contribution >= 4 is 23.1 Å². The molecule has 0 fully saturated rings. The van der Waals surface area contributed by atoms with Crippen molar-refractivity contribution in [2.75, 3.05) is 39.8 Å². The first-order valence-corrected chi connectivity index (χ1v) is 10.7. The van der Waals surface area contributed by atoms with Gasteiger partial charge in [-0.15, -0.1) is 0 Å². The van der Waals surface area contributed by atoms with Crippen molar-refractivity contribution in [3.63, 3.8) is 0 Å². The van der Waals surface area contributed by atoms with Crippen LogP contribution in [0.15, 0.2) is 42.1 Å². The van der Waals surface area contributed by atoms with Gasteiger partial charge in [0.1, 0.15) is 11.4 Å². The van der Waals surface area contributed by atoms with Crippen molar-refractivity contribution in [1.29, 1.82) is 0 Å². The molecule has 0 bridgehead atoms. The Hall–Kier alpha value is -3.68. The van der Waals surface area contributed by atoms with Crippen LogP contribution in [0.4, 0.5) is 5.69 Å². The first kappa shape index (κ1) is 24.0. The van der Waals surface area contributed by atoms with Crippen LogP contribution in [-0.2, 0) is 9.59 Å². The third-order valence-electron chi connectivity index (χ3n) is 5.14. The van der Waals surface area contributed by atoms with Crippen LogP contribution in [0, 0.1) is 5.92 Å². The molecular weight excluding hydrogens is 424 g/mol. The normalized spacial score (nSPS) is 13.6. The van der Waals surface area contributed by atoms with Gasteiger partial charge < -0.3 is 24.3 Å². The highest BCUT2D eigenvalue weighted by Crippen LogP contribution is 2.41. The molecule has 0 aliphatic carbocycles. The summed E-state index contributed by atoms with van der Waals surface area (Å²) in [7, 11) is 4.54. The number of nitrogens with zero attached hydrogens (tertiary/aromatic N) is 1. The van der Waals surface area contributed by atoms with E-state index in [4.69, 9.17) is 18.9 Å². The standard InChI is InChI=1S/C25H30N2O6/c1-7-27-24(28)21(16-8-10-18(11-9-16)33-14-15(2)3)22(25(27)29)26-17-12-19(30-4)23(32-6)20(13-17)31-5/h8-13,15,26H,7,14H2,1-6H3. The Bertz CT molecular complexity index is 1030. The smallest absolute Gasteiger partial charge is 0.278 e. The Labute approximate surface area is 194 Å². The fourth-order valence-corrected chi connectivity index (χ4v) is 3.53. The average Bonchev–Trinajstić information content (AvgIpc) is 3.05. The van der Waals surface area contributed by atoms with Gasteiger partial charge in [-0.1, -0.05) is 26.0 Å². The molecule has 1 aliphatic heterocycles. The highest BCUT2D eigenvalue weighted by Gasteiger charge is 2.38. The molecule has 2 aromatic carbocycles. The zero-order valence-electron chi connectivity index (χ0n) is 19.9. The van der Waals surface area contributed by atoms with Crippen molar-refractivity contribution in [2.45, 2.75) is 20.8 Å². The second-order valence-corrected chi connectivity index (χ2v) is 7.87.